The third-order valence-corrected chi connectivity index (χ3v) is 4.41. The Morgan fingerprint density at radius 2 is 1.96 bits per heavy atom. The first-order valence-electron chi connectivity index (χ1n) is 8.02. The molecule has 0 N–H and O–H groups in total. The number of benzene rings is 1. The van der Waals surface area contributed by atoms with Crippen LogP contribution in [0.2, 0.25) is 0 Å². The number of amides is 2. The zero-order valence-electron chi connectivity index (χ0n) is 14.0. The summed E-state index contributed by atoms with van der Waals surface area (Å²) in [7, 11) is 1.63. The molecule has 1 aliphatic rings. The Hall–Kier alpha value is -2.43. The van der Waals surface area contributed by atoms with Gasteiger partial charge in [-0.25, -0.2) is 4.39 Å². The van der Waals surface area contributed by atoms with Crippen LogP contribution >= 0.6 is 0 Å². The van der Waals surface area contributed by atoms with Gasteiger partial charge in [0.1, 0.15) is 5.82 Å². The number of hydrogen-bond acceptors (Lipinski definition) is 2. The van der Waals surface area contributed by atoms with Crippen molar-refractivity contribution in [1.82, 2.24) is 9.80 Å². The molecule has 1 fully saturated rings. The summed E-state index contributed by atoms with van der Waals surface area (Å²) in [4.78, 5) is 28.2. The Kier molecular flexibility index (Phi) is 5.90. The summed E-state index contributed by atoms with van der Waals surface area (Å²) < 4.78 is 14.3. The molecule has 0 aromatic heterocycles. The second-order valence-corrected chi connectivity index (χ2v) is 5.94. The number of likely N-dealkylation sites (tertiary alicyclic amines) is 1. The van der Waals surface area contributed by atoms with Crippen LogP contribution in [0.3, 0.4) is 0 Å². The lowest BCUT2D eigenvalue weighted by atomic mass is 9.83. The van der Waals surface area contributed by atoms with Crippen molar-refractivity contribution in [2.75, 3.05) is 20.1 Å². The van der Waals surface area contributed by atoms with E-state index >= 15 is 0 Å². The fourth-order valence-corrected chi connectivity index (χ4v) is 3.24. The highest BCUT2D eigenvalue weighted by atomic mass is 19.1. The predicted molar refractivity (Wildman–Crippen MR) is 91.6 cm³/mol. The highest BCUT2D eigenvalue weighted by Crippen LogP contribution is 2.37. The Balaban J connectivity index is 2.39. The second kappa shape index (κ2) is 7.90. The number of carbonyl (C=O) groups is 2. The first kappa shape index (κ1) is 17.9. The average Bonchev–Trinajstić information content (AvgIpc) is 2.57. The van der Waals surface area contributed by atoms with Crippen molar-refractivity contribution in [3.63, 3.8) is 0 Å². The minimum atomic E-state index is -0.600. The Bertz CT molecular complexity index is 634. The van der Waals surface area contributed by atoms with Gasteiger partial charge in [0.2, 0.25) is 11.8 Å². The standard InChI is InChI=1S/C19H23FN2O2/c1-4-12-22(13-5-2)19(24)15-10-11-17(23)21(3)18(15)14-8-6-7-9-16(14)20/h4-9,15,18H,1-2,10-13H2,3H3/t15-,18-/m1/s1. The van der Waals surface area contributed by atoms with Crippen molar-refractivity contribution < 1.29 is 14.0 Å². The smallest absolute Gasteiger partial charge is 0.228 e. The molecule has 0 unspecified atom stereocenters. The fraction of sp³-hybridized carbons (Fsp3) is 0.368. The van der Waals surface area contributed by atoms with Crippen LogP contribution in [0.15, 0.2) is 49.6 Å². The first-order chi connectivity index (χ1) is 11.5. The van der Waals surface area contributed by atoms with Gasteiger partial charge >= 0.3 is 0 Å². The van der Waals surface area contributed by atoms with Gasteiger partial charge in [0.25, 0.3) is 0 Å². The number of piperidine rings is 1. The molecule has 1 aromatic carbocycles. The van der Waals surface area contributed by atoms with Crippen LogP contribution in [0.4, 0.5) is 4.39 Å². The van der Waals surface area contributed by atoms with E-state index in [-0.39, 0.29) is 18.2 Å². The van der Waals surface area contributed by atoms with Crippen molar-refractivity contribution in [3.8, 4) is 0 Å². The van der Waals surface area contributed by atoms with E-state index in [4.69, 9.17) is 0 Å². The summed E-state index contributed by atoms with van der Waals surface area (Å²) in [6.07, 6.45) is 3.99. The predicted octanol–water partition coefficient (Wildman–Crippen LogP) is 2.94. The average molecular weight is 330 g/mol. The van der Waals surface area contributed by atoms with Gasteiger partial charge in [0.15, 0.2) is 0 Å². The van der Waals surface area contributed by atoms with Crippen LogP contribution < -0.4 is 0 Å². The van der Waals surface area contributed by atoms with Gasteiger partial charge in [-0.05, 0) is 12.5 Å². The van der Waals surface area contributed by atoms with Crippen molar-refractivity contribution in [1.29, 1.82) is 0 Å². The molecule has 0 saturated carbocycles. The lowest BCUT2D eigenvalue weighted by molar-refractivity contribution is -0.146. The molecule has 2 amide bonds. The van der Waals surface area contributed by atoms with E-state index in [9.17, 15) is 14.0 Å². The quantitative estimate of drug-likeness (QED) is 0.753. The Labute approximate surface area is 142 Å². The van der Waals surface area contributed by atoms with Crippen molar-refractivity contribution in [2.45, 2.75) is 18.9 Å². The Morgan fingerprint density at radius 1 is 1.33 bits per heavy atom. The molecule has 1 heterocycles. The molecule has 2 rings (SSSR count). The fourth-order valence-electron chi connectivity index (χ4n) is 3.24. The minimum absolute atomic E-state index is 0.0775. The van der Waals surface area contributed by atoms with Crippen LogP contribution in [0.25, 0.3) is 0 Å². The van der Waals surface area contributed by atoms with Crippen LogP contribution in [-0.4, -0.2) is 41.8 Å². The molecule has 0 spiro atoms. The number of carbonyl (C=O) groups excluding carboxylic acids is 2. The number of halogens is 1. The summed E-state index contributed by atoms with van der Waals surface area (Å²) in [6.45, 7) is 8.14. The van der Waals surface area contributed by atoms with E-state index in [0.717, 1.165) is 0 Å². The van der Waals surface area contributed by atoms with E-state index in [1.165, 1.54) is 11.0 Å². The maximum absolute atomic E-state index is 14.3. The number of nitrogens with zero attached hydrogens (tertiary/aromatic N) is 2. The summed E-state index contributed by atoms with van der Waals surface area (Å²) >= 11 is 0. The third kappa shape index (κ3) is 3.55. The van der Waals surface area contributed by atoms with E-state index < -0.39 is 17.8 Å². The molecular weight excluding hydrogens is 307 g/mol. The maximum atomic E-state index is 14.3. The van der Waals surface area contributed by atoms with E-state index in [1.807, 2.05) is 0 Å². The molecule has 128 valence electrons. The highest BCUT2D eigenvalue weighted by molar-refractivity contribution is 5.85. The highest BCUT2D eigenvalue weighted by Gasteiger charge is 2.41. The maximum Gasteiger partial charge on any atom is 0.228 e. The lowest BCUT2D eigenvalue weighted by Gasteiger charge is -2.40. The summed E-state index contributed by atoms with van der Waals surface area (Å²) in [6, 6.07) is 5.72. The molecule has 0 bridgehead atoms. The molecule has 24 heavy (non-hydrogen) atoms. The molecule has 5 heteroatoms. The minimum Gasteiger partial charge on any atom is -0.338 e. The lowest BCUT2D eigenvalue weighted by Crippen LogP contribution is -2.48. The molecule has 1 aliphatic heterocycles. The number of rotatable bonds is 6. The monoisotopic (exact) mass is 330 g/mol. The van der Waals surface area contributed by atoms with Gasteiger partial charge in [-0.3, -0.25) is 9.59 Å². The molecule has 0 radical (unpaired) electrons. The SMILES string of the molecule is C=CCN(CC=C)C(=O)[C@@H]1CCC(=O)N(C)[C@@H]1c1ccccc1F. The van der Waals surface area contributed by atoms with Crippen LogP contribution in [0.5, 0.6) is 0 Å². The van der Waals surface area contributed by atoms with Gasteiger partial charge in [-0.15, -0.1) is 13.2 Å². The van der Waals surface area contributed by atoms with Crippen LogP contribution in [-0.2, 0) is 9.59 Å². The number of hydrogen-bond donors (Lipinski definition) is 0. The van der Waals surface area contributed by atoms with E-state index in [2.05, 4.69) is 13.2 Å². The van der Waals surface area contributed by atoms with Gasteiger partial charge in [0.05, 0.1) is 12.0 Å². The van der Waals surface area contributed by atoms with E-state index in [1.54, 1.807) is 42.3 Å². The zero-order chi connectivity index (χ0) is 17.7. The third-order valence-electron chi connectivity index (χ3n) is 4.41. The van der Waals surface area contributed by atoms with Crippen molar-refractivity contribution >= 4 is 11.8 Å². The summed E-state index contributed by atoms with van der Waals surface area (Å²) in [5.41, 5.74) is 0.378. The van der Waals surface area contributed by atoms with Crippen molar-refractivity contribution in [3.05, 3.63) is 61.0 Å². The first-order valence-corrected chi connectivity index (χ1v) is 8.02. The summed E-state index contributed by atoms with van der Waals surface area (Å²) in [5, 5.41) is 0. The van der Waals surface area contributed by atoms with Crippen molar-refractivity contribution in [2.24, 2.45) is 5.92 Å². The molecule has 1 saturated heterocycles. The summed E-state index contributed by atoms with van der Waals surface area (Å²) in [5.74, 6) is -1.07. The van der Waals surface area contributed by atoms with E-state index in [0.29, 0.717) is 25.1 Å². The van der Waals surface area contributed by atoms with Gasteiger partial charge in [-0.2, -0.15) is 0 Å². The molecule has 2 atom stereocenters. The zero-order valence-corrected chi connectivity index (χ0v) is 14.0. The molecule has 0 aliphatic carbocycles. The largest absolute Gasteiger partial charge is 0.338 e. The molecule has 1 aromatic rings. The van der Waals surface area contributed by atoms with Crippen LogP contribution in [0.1, 0.15) is 24.4 Å². The molecular formula is C19H23FN2O2. The second-order valence-electron chi connectivity index (χ2n) is 5.94. The normalized spacial score (nSPS) is 20.6. The Morgan fingerprint density at radius 3 is 2.54 bits per heavy atom. The molecule has 4 nitrogen and oxygen atoms in total. The van der Waals surface area contributed by atoms with Gasteiger partial charge in [0, 0.05) is 32.1 Å². The van der Waals surface area contributed by atoms with Gasteiger partial charge in [-0.1, -0.05) is 30.4 Å². The van der Waals surface area contributed by atoms with Crippen LogP contribution in [0, 0.1) is 11.7 Å². The van der Waals surface area contributed by atoms with Gasteiger partial charge < -0.3 is 9.80 Å². The topological polar surface area (TPSA) is 40.6 Å².